The second-order valence-electron chi connectivity index (χ2n) is 4.55. The van der Waals surface area contributed by atoms with Crippen molar-refractivity contribution in [3.63, 3.8) is 0 Å². The molecule has 3 nitrogen and oxygen atoms in total. The molecule has 0 aliphatic rings. The summed E-state index contributed by atoms with van der Waals surface area (Å²) in [5, 5.41) is 9.57. The summed E-state index contributed by atoms with van der Waals surface area (Å²) in [6.07, 6.45) is 1.33. The molecule has 0 amide bonds. The monoisotopic (exact) mass is 257 g/mol. The van der Waals surface area contributed by atoms with Crippen molar-refractivity contribution >= 4 is 11.6 Å². The molecule has 96 valence electrons. The van der Waals surface area contributed by atoms with Crippen molar-refractivity contribution in [1.29, 1.82) is 0 Å². The Morgan fingerprint density at radius 3 is 2.65 bits per heavy atom. The lowest BCUT2D eigenvalue weighted by Crippen LogP contribution is -2.33. The van der Waals surface area contributed by atoms with Crippen molar-refractivity contribution in [3.05, 3.63) is 28.3 Å². The van der Waals surface area contributed by atoms with Gasteiger partial charge >= 0.3 is 0 Å². The summed E-state index contributed by atoms with van der Waals surface area (Å²) < 4.78 is 5.35. The van der Waals surface area contributed by atoms with Crippen LogP contribution in [0.15, 0.2) is 12.1 Å². The maximum atomic E-state index is 8.89. The Hall–Kier alpha value is -0.770. The molecule has 17 heavy (non-hydrogen) atoms. The number of aryl methyl sites for hydroxylation is 1. The van der Waals surface area contributed by atoms with Crippen LogP contribution in [0.4, 0.5) is 0 Å². The van der Waals surface area contributed by atoms with Gasteiger partial charge in [0.1, 0.15) is 5.75 Å². The van der Waals surface area contributed by atoms with Gasteiger partial charge in [0.25, 0.3) is 0 Å². The van der Waals surface area contributed by atoms with Crippen molar-refractivity contribution in [2.45, 2.75) is 32.2 Å². The van der Waals surface area contributed by atoms with Crippen molar-refractivity contribution in [1.82, 2.24) is 0 Å². The Morgan fingerprint density at radius 2 is 2.12 bits per heavy atom. The molecule has 0 saturated carbocycles. The van der Waals surface area contributed by atoms with E-state index in [0.29, 0.717) is 17.9 Å². The highest BCUT2D eigenvalue weighted by Crippen LogP contribution is 2.35. The molecule has 0 spiro atoms. The van der Waals surface area contributed by atoms with E-state index in [4.69, 9.17) is 27.2 Å². The zero-order chi connectivity index (χ0) is 13.1. The van der Waals surface area contributed by atoms with Crippen LogP contribution < -0.4 is 10.5 Å². The Kier molecular flexibility index (Phi) is 4.80. The average molecular weight is 258 g/mol. The van der Waals surface area contributed by atoms with E-state index in [9.17, 15) is 0 Å². The second kappa shape index (κ2) is 5.71. The molecular weight excluding hydrogens is 238 g/mol. The van der Waals surface area contributed by atoms with Gasteiger partial charge in [-0.3, -0.25) is 0 Å². The normalized spacial score (nSPS) is 14.5. The molecule has 0 saturated heterocycles. The molecule has 0 heterocycles. The first-order chi connectivity index (χ1) is 7.92. The van der Waals surface area contributed by atoms with Crippen molar-refractivity contribution < 1.29 is 9.84 Å². The summed E-state index contributed by atoms with van der Waals surface area (Å²) in [6, 6.07) is 3.74. The third-order valence-corrected chi connectivity index (χ3v) is 3.36. The van der Waals surface area contributed by atoms with E-state index >= 15 is 0 Å². The van der Waals surface area contributed by atoms with Crippen LogP contribution in [0.1, 0.15) is 30.9 Å². The number of hydrogen-bond acceptors (Lipinski definition) is 3. The first kappa shape index (κ1) is 14.3. The lowest BCUT2D eigenvalue weighted by atomic mass is 9.87. The second-order valence-corrected chi connectivity index (χ2v) is 4.95. The molecule has 1 rings (SSSR count). The van der Waals surface area contributed by atoms with Crippen LogP contribution in [0.5, 0.6) is 5.75 Å². The first-order valence-electron chi connectivity index (χ1n) is 5.66. The molecule has 1 unspecified atom stereocenters. The Morgan fingerprint density at radius 1 is 1.47 bits per heavy atom. The van der Waals surface area contributed by atoms with Crippen LogP contribution in [0, 0.1) is 6.92 Å². The van der Waals surface area contributed by atoms with E-state index in [1.165, 1.54) is 0 Å². The quantitative estimate of drug-likeness (QED) is 0.853. The van der Waals surface area contributed by atoms with Crippen LogP contribution in [-0.2, 0) is 5.54 Å². The minimum Gasteiger partial charge on any atom is -0.496 e. The number of methoxy groups -OCH3 is 1. The summed E-state index contributed by atoms with van der Waals surface area (Å²) in [4.78, 5) is 0. The predicted octanol–water partition coefficient (Wildman–Crippen LogP) is 2.60. The summed E-state index contributed by atoms with van der Waals surface area (Å²) in [5.41, 5.74) is 7.56. The SMILES string of the molecule is COc1cc(C)c(Cl)cc1C(C)(N)CCCO. The fourth-order valence-corrected chi connectivity index (χ4v) is 2.01. The zero-order valence-corrected chi connectivity index (χ0v) is 11.3. The molecular formula is C13H20ClNO2. The van der Waals surface area contributed by atoms with E-state index in [1.54, 1.807) is 7.11 Å². The van der Waals surface area contributed by atoms with Gasteiger partial charge in [0.2, 0.25) is 0 Å². The number of aliphatic hydroxyl groups excluding tert-OH is 1. The van der Waals surface area contributed by atoms with Crippen molar-refractivity contribution in [2.75, 3.05) is 13.7 Å². The summed E-state index contributed by atoms with van der Waals surface area (Å²) in [6.45, 7) is 3.98. The molecule has 1 aromatic rings. The topological polar surface area (TPSA) is 55.5 Å². The smallest absolute Gasteiger partial charge is 0.124 e. The standard InChI is InChI=1S/C13H20ClNO2/c1-9-7-12(17-3)10(8-11(9)14)13(2,15)5-4-6-16/h7-8,16H,4-6,15H2,1-3H3. The van der Waals surface area contributed by atoms with E-state index in [1.807, 2.05) is 26.0 Å². The number of halogens is 1. The number of aliphatic hydroxyl groups is 1. The summed E-state index contributed by atoms with van der Waals surface area (Å²) in [5.74, 6) is 0.745. The van der Waals surface area contributed by atoms with Crippen LogP contribution in [-0.4, -0.2) is 18.8 Å². The van der Waals surface area contributed by atoms with E-state index in [2.05, 4.69) is 0 Å². The Bertz CT molecular complexity index is 391. The van der Waals surface area contributed by atoms with Gasteiger partial charge in [-0.25, -0.2) is 0 Å². The maximum absolute atomic E-state index is 8.89. The van der Waals surface area contributed by atoms with Gasteiger partial charge in [0.15, 0.2) is 0 Å². The van der Waals surface area contributed by atoms with Crippen molar-refractivity contribution in [2.24, 2.45) is 5.73 Å². The third kappa shape index (κ3) is 3.35. The molecule has 1 aromatic carbocycles. The van der Waals surface area contributed by atoms with E-state index in [-0.39, 0.29) is 6.61 Å². The Labute approximate surface area is 108 Å². The minimum atomic E-state index is -0.550. The van der Waals surface area contributed by atoms with Gasteiger partial charge in [-0.1, -0.05) is 11.6 Å². The molecule has 0 radical (unpaired) electrons. The first-order valence-corrected chi connectivity index (χ1v) is 6.04. The molecule has 0 aromatic heterocycles. The molecule has 3 N–H and O–H groups in total. The Balaban J connectivity index is 3.14. The van der Waals surface area contributed by atoms with Gasteiger partial charge in [-0.15, -0.1) is 0 Å². The van der Waals surface area contributed by atoms with Gasteiger partial charge in [0, 0.05) is 22.7 Å². The lowest BCUT2D eigenvalue weighted by molar-refractivity contribution is 0.263. The van der Waals surface area contributed by atoms with Gasteiger partial charge in [-0.05, 0) is 44.4 Å². The van der Waals surface area contributed by atoms with Crippen LogP contribution >= 0.6 is 11.6 Å². The largest absolute Gasteiger partial charge is 0.496 e. The molecule has 0 fully saturated rings. The predicted molar refractivity (Wildman–Crippen MR) is 70.6 cm³/mol. The fraction of sp³-hybridized carbons (Fsp3) is 0.538. The minimum absolute atomic E-state index is 0.134. The molecule has 0 bridgehead atoms. The third-order valence-electron chi connectivity index (χ3n) is 2.95. The fourth-order valence-electron chi connectivity index (χ4n) is 1.85. The average Bonchev–Trinajstić information content (AvgIpc) is 2.29. The van der Waals surface area contributed by atoms with Crippen LogP contribution in [0.2, 0.25) is 5.02 Å². The highest BCUT2D eigenvalue weighted by molar-refractivity contribution is 6.31. The highest BCUT2D eigenvalue weighted by atomic mass is 35.5. The lowest BCUT2D eigenvalue weighted by Gasteiger charge is -2.27. The number of rotatable bonds is 5. The highest BCUT2D eigenvalue weighted by Gasteiger charge is 2.25. The number of hydrogen-bond donors (Lipinski definition) is 2. The van der Waals surface area contributed by atoms with Gasteiger partial charge < -0.3 is 15.6 Å². The van der Waals surface area contributed by atoms with Crippen LogP contribution in [0.25, 0.3) is 0 Å². The van der Waals surface area contributed by atoms with Crippen LogP contribution in [0.3, 0.4) is 0 Å². The molecule has 1 atom stereocenters. The van der Waals surface area contributed by atoms with E-state index in [0.717, 1.165) is 16.9 Å². The van der Waals surface area contributed by atoms with Gasteiger partial charge in [0.05, 0.1) is 7.11 Å². The molecule has 4 heteroatoms. The zero-order valence-electron chi connectivity index (χ0n) is 10.6. The summed E-state index contributed by atoms with van der Waals surface area (Å²) >= 11 is 6.12. The summed E-state index contributed by atoms with van der Waals surface area (Å²) in [7, 11) is 1.62. The number of benzene rings is 1. The molecule has 0 aliphatic carbocycles. The number of ether oxygens (including phenoxy) is 1. The molecule has 0 aliphatic heterocycles. The van der Waals surface area contributed by atoms with Gasteiger partial charge in [-0.2, -0.15) is 0 Å². The maximum Gasteiger partial charge on any atom is 0.124 e. The van der Waals surface area contributed by atoms with E-state index < -0.39 is 5.54 Å². The number of nitrogens with two attached hydrogens (primary N) is 1. The van der Waals surface area contributed by atoms with Crippen molar-refractivity contribution in [3.8, 4) is 5.75 Å².